The van der Waals surface area contributed by atoms with Gasteiger partial charge in [0, 0.05) is 18.2 Å². The maximum Gasteiger partial charge on any atom is 0.352 e. The summed E-state index contributed by atoms with van der Waals surface area (Å²) >= 11 is 2.30. The van der Waals surface area contributed by atoms with Crippen LogP contribution in [0.2, 0.25) is 0 Å². The number of aliphatic carboxylic acids is 2. The molecule has 2 aliphatic rings. The van der Waals surface area contributed by atoms with Crippen molar-refractivity contribution >= 4 is 57.7 Å². The maximum absolute atomic E-state index is 13.0. The van der Waals surface area contributed by atoms with E-state index >= 15 is 0 Å². The largest absolute Gasteiger partial charge is 0.478 e. The van der Waals surface area contributed by atoms with Crippen LogP contribution in [-0.2, 0) is 28.8 Å². The number of thiazole rings is 1. The molecule has 13 nitrogen and oxygen atoms in total. The number of oxime groups is 1. The van der Waals surface area contributed by atoms with Crippen molar-refractivity contribution in [1.82, 2.24) is 15.2 Å². The van der Waals surface area contributed by atoms with Gasteiger partial charge in [-0.15, -0.1) is 23.1 Å². The summed E-state index contributed by atoms with van der Waals surface area (Å²) in [4.78, 5) is 58.9. The molecule has 0 spiro atoms. The Balaban J connectivity index is 1.83. The molecule has 15 heteroatoms. The number of ether oxygens (including phenoxy) is 1. The number of nitrogen functional groups attached to an aromatic ring is 1. The molecule has 1 saturated heterocycles. The van der Waals surface area contributed by atoms with Crippen molar-refractivity contribution in [3.63, 3.8) is 0 Å². The second kappa shape index (κ2) is 9.36. The summed E-state index contributed by atoms with van der Waals surface area (Å²) in [6, 6.07) is -1.03. The van der Waals surface area contributed by atoms with Gasteiger partial charge in [0.05, 0.1) is 6.61 Å². The third kappa shape index (κ3) is 4.79. The first-order chi connectivity index (χ1) is 15.5. The van der Waals surface area contributed by atoms with E-state index in [0.29, 0.717) is 11.3 Å². The van der Waals surface area contributed by atoms with E-state index in [1.807, 2.05) is 0 Å². The van der Waals surface area contributed by atoms with Crippen LogP contribution in [0.5, 0.6) is 0 Å². The molecule has 33 heavy (non-hydrogen) atoms. The third-order valence-corrected chi connectivity index (χ3v) is 6.73. The molecule has 0 radical (unpaired) electrons. The number of nitrogens with two attached hydrogens (primary N) is 1. The minimum Gasteiger partial charge on any atom is -0.478 e. The van der Waals surface area contributed by atoms with E-state index in [0.717, 1.165) is 16.2 Å². The molecule has 178 valence electrons. The highest BCUT2D eigenvalue weighted by Crippen LogP contribution is 2.40. The van der Waals surface area contributed by atoms with Gasteiger partial charge in [0.1, 0.15) is 22.8 Å². The Morgan fingerprint density at radius 1 is 1.39 bits per heavy atom. The van der Waals surface area contributed by atoms with E-state index in [1.54, 1.807) is 0 Å². The normalized spacial score (nSPS) is 20.8. The first kappa shape index (κ1) is 24.5. The fourth-order valence-corrected chi connectivity index (χ4v) is 4.85. The molecule has 1 fully saturated rings. The first-order valence-electron chi connectivity index (χ1n) is 9.38. The molecule has 1 aromatic rings. The van der Waals surface area contributed by atoms with Crippen molar-refractivity contribution < 1.29 is 39.0 Å². The highest BCUT2D eigenvalue weighted by atomic mass is 32.2. The number of amides is 2. The number of aromatic nitrogens is 1. The molecular formula is C18H21N5O8S2. The number of hydrogen-bond acceptors (Lipinski definition) is 11. The molecule has 3 heterocycles. The van der Waals surface area contributed by atoms with Crippen LogP contribution in [0.1, 0.15) is 19.5 Å². The number of rotatable bonds is 9. The van der Waals surface area contributed by atoms with Crippen LogP contribution in [-0.4, -0.2) is 86.0 Å². The Hall–Kier alpha value is -3.17. The molecule has 0 saturated carbocycles. The number of nitrogens with one attached hydrogen (secondary N) is 1. The van der Waals surface area contributed by atoms with Gasteiger partial charge in [-0.05, 0) is 19.4 Å². The van der Waals surface area contributed by atoms with Gasteiger partial charge in [-0.2, -0.15) is 0 Å². The molecule has 1 aromatic heterocycles. The van der Waals surface area contributed by atoms with E-state index in [-0.39, 0.29) is 28.8 Å². The average molecular weight is 500 g/mol. The quantitative estimate of drug-likeness (QED) is 0.198. The zero-order chi connectivity index (χ0) is 24.5. The van der Waals surface area contributed by atoms with Crippen LogP contribution >= 0.6 is 23.1 Å². The molecule has 0 unspecified atom stereocenters. The Labute approximate surface area is 195 Å². The van der Waals surface area contributed by atoms with Crippen LogP contribution < -0.4 is 11.1 Å². The molecule has 0 aromatic carbocycles. The number of carboxylic acids is 2. The highest BCUT2D eigenvalue weighted by molar-refractivity contribution is 8.00. The van der Waals surface area contributed by atoms with Gasteiger partial charge >= 0.3 is 11.9 Å². The second-order valence-corrected chi connectivity index (χ2v) is 9.46. The average Bonchev–Trinajstić information content (AvgIpc) is 3.17. The van der Waals surface area contributed by atoms with Crippen molar-refractivity contribution in [2.45, 2.75) is 30.9 Å². The second-order valence-electron chi connectivity index (χ2n) is 7.47. The summed E-state index contributed by atoms with van der Waals surface area (Å²) in [5.41, 5.74) is 3.83. The minimum absolute atomic E-state index is 0.0321. The van der Waals surface area contributed by atoms with E-state index in [9.17, 15) is 29.4 Å². The van der Waals surface area contributed by atoms with Gasteiger partial charge in [0.15, 0.2) is 10.8 Å². The summed E-state index contributed by atoms with van der Waals surface area (Å²) in [5.74, 6) is -3.75. The molecule has 2 amide bonds. The van der Waals surface area contributed by atoms with Crippen LogP contribution in [0, 0.1) is 0 Å². The van der Waals surface area contributed by atoms with Gasteiger partial charge in [0.2, 0.25) is 5.60 Å². The van der Waals surface area contributed by atoms with Crippen molar-refractivity contribution in [2.75, 3.05) is 25.2 Å². The Morgan fingerprint density at radius 2 is 2.09 bits per heavy atom. The Kier molecular flexibility index (Phi) is 6.94. The molecule has 0 aliphatic carbocycles. The van der Waals surface area contributed by atoms with Crippen LogP contribution in [0.15, 0.2) is 21.8 Å². The molecule has 2 aliphatic heterocycles. The van der Waals surface area contributed by atoms with Crippen LogP contribution in [0.25, 0.3) is 0 Å². The number of anilines is 1. The van der Waals surface area contributed by atoms with Crippen LogP contribution in [0.4, 0.5) is 5.13 Å². The lowest BCUT2D eigenvalue weighted by Crippen LogP contribution is -2.71. The Morgan fingerprint density at radius 3 is 2.64 bits per heavy atom. The molecule has 5 N–H and O–H groups in total. The van der Waals surface area contributed by atoms with Crippen molar-refractivity contribution in [2.24, 2.45) is 5.16 Å². The molecule has 0 bridgehead atoms. The van der Waals surface area contributed by atoms with Gasteiger partial charge in [-0.25, -0.2) is 14.6 Å². The summed E-state index contributed by atoms with van der Waals surface area (Å²) in [6.07, 6.45) is 0. The lowest BCUT2D eigenvalue weighted by atomic mass is 10.0. The third-order valence-electron chi connectivity index (χ3n) is 4.71. The zero-order valence-corrected chi connectivity index (χ0v) is 19.4. The van der Waals surface area contributed by atoms with Crippen molar-refractivity contribution in [3.05, 3.63) is 22.3 Å². The van der Waals surface area contributed by atoms with Gasteiger partial charge < -0.3 is 30.8 Å². The standard InChI is InChI=1S/C18H21N5O8S2/c1-18(2,16(28)29)31-22-9(8-6-33-17(19)20-8)12(24)21-10-13(25)23-11(15(26)27)7(4-30-3)5-32-14(10)23/h6,10,14H,4-5H2,1-3H3,(H2,19,20)(H,21,24)(H,26,27)(H,28,29)/b22-9-/t10-,14-/m1/s1. The van der Waals surface area contributed by atoms with Gasteiger partial charge in [0.25, 0.3) is 11.8 Å². The van der Waals surface area contributed by atoms with Crippen molar-refractivity contribution in [3.8, 4) is 0 Å². The van der Waals surface area contributed by atoms with Crippen LogP contribution in [0.3, 0.4) is 0 Å². The fraction of sp³-hybridized carbons (Fsp3) is 0.444. The lowest BCUT2D eigenvalue weighted by molar-refractivity contribution is -0.161. The number of hydrogen-bond donors (Lipinski definition) is 4. The topological polar surface area (TPSA) is 194 Å². The number of fused-ring (bicyclic) bond motifs is 1. The van der Waals surface area contributed by atoms with Crippen molar-refractivity contribution in [1.29, 1.82) is 0 Å². The molecule has 2 atom stereocenters. The SMILES string of the molecule is COCC1=C(C(=O)O)N2C(=O)[C@@H](NC(=O)/C(=N\OC(C)(C)C(=O)O)c3csc(N)n3)[C@H]2SC1. The number of methoxy groups -OCH3 is 1. The van der Waals surface area contributed by atoms with Gasteiger partial charge in [-0.3, -0.25) is 14.5 Å². The lowest BCUT2D eigenvalue weighted by Gasteiger charge is -2.49. The number of carbonyl (C=O) groups is 4. The summed E-state index contributed by atoms with van der Waals surface area (Å²) < 4.78 is 5.02. The maximum atomic E-state index is 13.0. The summed E-state index contributed by atoms with van der Waals surface area (Å²) in [6.45, 7) is 2.54. The number of carbonyl (C=O) groups excluding carboxylic acids is 2. The molecular weight excluding hydrogens is 478 g/mol. The number of thioether (sulfide) groups is 1. The highest BCUT2D eigenvalue weighted by Gasteiger charge is 2.54. The van der Waals surface area contributed by atoms with E-state index in [1.165, 1.54) is 38.1 Å². The predicted octanol–water partition coefficient (Wildman–Crippen LogP) is -0.306. The summed E-state index contributed by atoms with van der Waals surface area (Å²) in [5, 5.41) is 25.9. The minimum atomic E-state index is -1.74. The molecule has 3 rings (SSSR count). The number of carboxylic acid groups (broad SMARTS) is 2. The van der Waals surface area contributed by atoms with E-state index in [4.69, 9.17) is 15.3 Å². The van der Waals surface area contributed by atoms with Gasteiger partial charge in [-0.1, -0.05) is 5.16 Å². The number of nitrogens with zero attached hydrogens (tertiary/aromatic N) is 3. The fourth-order valence-electron chi connectivity index (χ4n) is 2.98. The first-order valence-corrected chi connectivity index (χ1v) is 11.3. The predicted molar refractivity (Wildman–Crippen MR) is 117 cm³/mol. The number of β-lactam (4-membered cyclic amide) rings is 1. The monoisotopic (exact) mass is 499 g/mol. The zero-order valence-electron chi connectivity index (χ0n) is 17.7. The van der Waals surface area contributed by atoms with E-state index < -0.39 is 40.8 Å². The Bertz CT molecular complexity index is 1070. The van der Waals surface area contributed by atoms with E-state index in [2.05, 4.69) is 15.5 Å². The summed E-state index contributed by atoms with van der Waals surface area (Å²) in [7, 11) is 1.42. The smallest absolute Gasteiger partial charge is 0.352 e.